The maximum atomic E-state index is 12.0. The molecule has 1 saturated heterocycles. The highest BCUT2D eigenvalue weighted by Crippen LogP contribution is 2.16. The molecule has 2 aromatic rings. The van der Waals surface area contributed by atoms with Crippen molar-refractivity contribution >= 4 is 22.9 Å². The van der Waals surface area contributed by atoms with Gasteiger partial charge in [0.05, 0.1) is 12.8 Å². The van der Waals surface area contributed by atoms with Gasteiger partial charge in [-0.15, -0.1) is 0 Å². The summed E-state index contributed by atoms with van der Waals surface area (Å²) >= 11 is 0. The van der Waals surface area contributed by atoms with Gasteiger partial charge in [-0.2, -0.15) is 5.10 Å². The van der Waals surface area contributed by atoms with Gasteiger partial charge < -0.3 is 0 Å². The van der Waals surface area contributed by atoms with Gasteiger partial charge in [0, 0.05) is 5.56 Å². The molecule has 0 aromatic heterocycles. The number of likely N-dealkylation sites (tertiary alicyclic amines) is 1. The van der Waals surface area contributed by atoms with Crippen LogP contribution in [0.2, 0.25) is 0 Å². The minimum atomic E-state index is -0.0385. The summed E-state index contributed by atoms with van der Waals surface area (Å²) in [5.41, 5.74) is 3.66. The van der Waals surface area contributed by atoms with Crippen LogP contribution in [0.25, 0.3) is 10.8 Å². The molecular weight excluding hydrogens is 286 g/mol. The highest BCUT2D eigenvalue weighted by molar-refractivity contribution is 5.99. The molecule has 4 heteroatoms. The van der Waals surface area contributed by atoms with E-state index in [-0.39, 0.29) is 5.91 Å². The van der Waals surface area contributed by atoms with Gasteiger partial charge in [-0.05, 0) is 36.7 Å². The zero-order valence-corrected chi connectivity index (χ0v) is 13.4. The molecule has 1 heterocycles. The number of fused-ring (bicyclic) bond motifs is 1. The fourth-order valence-electron chi connectivity index (χ4n) is 3.07. The molecule has 0 radical (unpaired) electrons. The molecule has 1 aliphatic rings. The topological polar surface area (TPSA) is 44.7 Å². The first kappa shape index (κ1) is 15.7. The van der Waals surface area contributed by atoms with E-state index in [2.05, 4.69) is 33.6 Å². The molecule has 23 heavy (non-hydrogen) atoms. The lowest BCUT2D eigenvalue weighted by atomic mass is 10.1. The molecule has 0 saturated carbocycles. The number of nitrogens with zero attached hydrogens (tertiary/aromatic N) is 2. The Morgan fingerprint density at radius 1 is 1.04 bits per heavy atom. The number of hydrazone groups is 1. The first-order valence-corrected chi connectivity index (χ1v) is 8.35. The molecule has 1 fully saturated rings. The summed E-state index contributed by atoms with van der Waals surface area (Å²) in [4.78, 5) is 14.2. The fourth-order valence-corrected chi connectivity index (χ4v) is 3.07. The normalized spacial score (nSPS) is 16.5. The predicted octanol–water partition coefficient (Wildman–Crippen LogP) is 3.17. The Morgan fingerprint density at radius 2 is 1.78 bits per heavy atom. The Morgan fingerprint density at radius 3 is 2.61 bits per heavy atom. The number of carbonyl (C=O) groups is 1. The number of rotatable bonds is 4. The van der Waals surface area contributed by atoms with Gasteiger partial charge in [-0.3, -0.25) is 9.69 Å². The molecule has 1 aliphatic heterocycles. The molecule has 2 aromatic carbocycles. The van der Waals surface area contributed by atoms with Crippen LogP contribution in [0, 0.1) is 0 Å². The van der Waals surface area contributed by atoms with Gasteiger partial charge in [-0.1, -0.05) is 55.3 Å². The van der Waals surface area contributed by atoms with Gasteiger partial charge in [-0.25, -0.2) is 5.43 Å². The zero-order chi connectivity index (χ0) is 15.9. The van der Waals surface area contributed by atoms with Crippen LogP contribution in [0.15, 0.2) is 47.6 Å². The Balaban J connectivity index is 1.58. The number of benzene rings is 2. The van der Waals surface area contributed by atoms with E-state index in [0.717, 1.165) is 24.0 Å². The van der Waals surface area contributed by atoms with Crippen LogP contribution in [0.5, 0.6) is 0 Å². The third kappa shape index (κ3) is 4.39. The summed E-state index contributed by atoms with van der Waals surface area (Å²) in [6, 6.07) is 14.3. The van der Waals surface area contributed by atoms with Crippen molar-refractivity contribution in [2.24, 2.45) is 5.10 Å². The van der Waals surface area contributed by atoms with Crippen molar-refractivity contribution in [1.82, 2.24) is 10.3 Å². The zero-order valence-electron chi connectivity index (χ0n) is 13.4. The van der Waals surface area contributed by atoms with Crippen molar-refractivity contribution in [3.05, 3.63) is 48.0 Å². The van der Waals surface area contributed by atoms with E-state index in [9.17, 15) is 4.79 Å². The van der Waals surface area contributed by atoms with Gasteiger partial charge >= 0.3 is 0 Å². The lowest BCUT2D eigenvalue weighted by Gasteiger charge is -2.17. The summed E-state index contributed by atoms with van der Waals surface area (Å²) < 4.78 is 0. The third-order valence-corrected chi connectivity index (χ3v) is 4.28. The molecule has 0 atom stereocenters. The van der Waals surface area contributed by atoms with Crippen molar-refractivity contribution < 1.29 is 4.79 Å². The lowest BCUT2D eigenvalue weighted by Crippen LogP contribution is -2.35. The van der Waals surface area contributed by atoms with Crippen LogP contribution in [0.3, 0.4) is 0 Å². The molecule has 0 aliphatic carbocycles. The van der Waals surface area contributed by atoms with Crippen LogP contribution in [-0.2, 0) is 4.79 Å². The van der Waals surface area contributed by atoms with E-state index in [0.29, 0.717) is 6.54 Å². The average Bonchev–Trinajstić information content (AvgIpc) is 2.84. The summed E-state index contributed by atoms with van der Waals surface area (Å²) in [5, 5.41) is 6.44. The van der Waals surface area contributed by atoms with Crippen molar-refractivity contribution in [3.8, 4) is 0 Å². The number of nitrogens with one attached hydrogen (secondary N) is 1. The second kappa shape index (κ2) is 7.88. The van der Waals surface area contributed by atoms with Crippen molar-refractivity contribution in [3.63, 3.8) is 0 Å². The summed E-state index contributed by atoms with van der Waals surface area (Å²) in [6.45, 7) is 2.47. The first-order chi connectivity index (χ1) is 11.3. The monoisotopic (exact) mass is 309 g/mol. The van der Waals surface area contributed by atoms with E-state index < -0.39 is 0 Å². The number of amides is 1. The quantitative estimate of drug-likeness (QED) is 0.696. The lowest BCUT2D eigenvalue weighted by molar-refractivity contribution is -0.122. The minimum absolute atomic E-state index is 0.0385. The van der Waals surface area contributed by atoms with Crippen LogP contribution in [-0.4, -0.2) is 36.7 Å². The summed E-state index contributed by atoms with van der Waals surface area (Å²) in [7, 11) is 0. The Kier molecular flexibility index (Phi) is 5.37. The van der Waals surface area contributed by atoms with E-state index in [1.165, 1.54) is 31.1 Å². The number of hydrogen-bond donors (Lipinski definition) is 1. The van der Waals surface area contributed by atoms with Crippen molar-refractivity contribution in [1.29, 1.82) is 0 Å². The molecule has 1 amide bonds. The van der Waals surface area contributed by atoms with Crippen LogP contribution >= 0.6 is 0 Å². The second-order valence-corrected chi connectivity index (χ2v) is 6.05. The average molecular weight is 309 g/mol. The maximum absolute atomic E-state index is 12.0. The largest absolute Gasteiger partial charge is 0.294 e. The van der Waals surface area contributed by atoms with Crippen LogP contribution in [0.4, 0.5) is 0 Å². The SMILES string of the molecule is O=C(CN1CCCCCC1)NN=Cc1cccc2ccccc12. The summed E-state index contributed by atoms with van der Waals surface area (Å²) in [5.74, 6) is -0.0385. The molecule has 4 nitrogen and oxygen atoms in total. The number of hydrogen-bond acceptors (Lipinski definition) is 3. The van der Waals surface area contributed by atoms with Crippen LogP contribution in [0.1, 0.15) is 31.2 Å². The minimum Gasteiger partial charge on any atom is -0.294 e. The Bertz CT molecular complexity index is 683. The van der Waals surface area contributed by atoms with E-state index in [4.69, 9.17) is 0 Å². The molecule has 1 N–H and O–H groups in total. The van der Waals surface area contributed by atoms with Gasteiger partial charge in [0.2, 0.25) is 0 Å². The standard InChI is InChI=1S/C19H23N3O/c23-19(15-22-12-5-1-2-6-13-22)21-20-14-17-10-7-9-16-8-3-4-11-18(16)17/h3-4,7-11,14H,1-2,5-6,12-13,15H2,(H,21,23). The maximum Gasteiger partial charge on any atom is 0.254 e. The fraction of sp³-hybridized carbons (Fsp3) is 0.368. The van der Waals surface area contributed by atoms with E-state index >= 15 is 0 Å². The molecular formula is C19H23N3O. The molecule has 0 bridgehead atoms. The Labute approximate surface area is 137 Å². The highest BCUT2D eigenvalue weighted by Gasteiger charge is 2.12. The van der Waals surface area contributed by atoms with Gasteiger partial charge in [0.25, 0.3) is 5.91 Å². The van der Waals surface area contributed by atoms with Crippen LogP contribution < -0.4 is 5.43 Å². The highest BCUT2D eigenvalue weighted by atomic mass is 16.2. The third-order valence-electron chi connectivity index (χ3n) is 4.28. The van der Waals surface area contributed by atoms with Gasteiger partial charge in [0.1, 0.15) is 0 Å². The summed E-state index contributed by atoms with van der Waals surface area (Å²) in [6.07, 6.45) is 6.65. The van der Waals surface area contributed by atoms with E-state index in [1.807, 2.05) is 24.3 Å². The van der Waals surface area contributed by atoms with Gasteiger partial charge in [0.15, 0.2) is 0 Å². The first-order valence-electron chi connectivity index (χ1n) is 8.35. The van der Waals surface area contributed by atoms with E-state index in [1.54, 1.807) is 6.21 Å². The van der Waals surface area contributed by atoms with Crippen molar-refractivity contribution in [2.45, 2.75) is 25.7 Å². The second-order valence-electron chi connectivity index (χ2n) is 6.05. The smallest absolute Gasteiger partial charge is 0.254 e. The number of carbonyl (C=O) groups excluding carboxylic acids is 1. The molecule has 0 unspecified atom stereocenters. The molecule has 120 valence electrons. The van der Waals surface area contributed by atoms with Crippen molar-refractivity contribution in [2.75, 3.05) is 19.6 Å². The predicted molar refractivity (Wildman–Crippen MR) is 94.6 cm³/mol. The Hall–Kier alpha value is -2.20. The molecule has 3 rings (SSSR count). The molecule has 0 spiro atoms.